The van der Waals surface area contributed by atoms with Gasteiger partial charge in [-0.05, 0) is 31.0 Å². The minimum Gasteiger partial charge on any atom is -0.396 e. The van der Waals surface area contributed by atoms with Crippen molar-refractivity contribution >= 4 is 28.7 Å². The van der Waals surface area contributed by atoms with E-state index in [-0.39, 0.29) is 17.9 Å². The van der Waals surface area contributed by atoms with Crippen LogP contribution >= 0.6 is 11.7 Å². The van der Waals surface area contributed by atoms with Gasteiger partial charge in [-0.15, -0.1) is 0 Å². The molecule has 6 heteroatoms. The molecule has 3 rings (SSSR count). The van der Waals surface area contributed by atoms with Crippen LogP contribution in [-0.4, -0.2) is 32.9 Å². The Morgan fingerprint density at radius 2 is 2.17 bits per heavy atom. The lowest BCUT2D eigenvalue weighted by Crippen LogP contribution is -2.31. The van der Waals surface area contributed by atoms with Crippen LogP contribution < -0.4 is 5.32 Å². The van der Waals surface area contributed by atoms with Crippen molar-refractivity contribution in [3.63, 3.8) is 0 Å². The van der Waals surface area contributed by atoms with Crippen LogP contribution in [0.15, 0.2) is 18.2 Å². The number of nitrogens with zero attached hydrogens (tertiary/aromatic N) is 2. The Morgan fingerprint density at radius 1 is 1.39 bits per heavy atom. The Bertz CT molecular complexity index is 592. The standard InChI is InChI=1S/C12H13N3O2S/c16-7-12(3-4-12)6-13-11(17)8-1-2-9-10(5-8)15-18-14-9/h1-2,5,16H,3-4,6-7H2,(H,13,17). The van der Waals surface area contributed by atoms with Crippen LogP contribution in [0.4, 0.5) is 0 Å². The van der Waals surface area contributed by atoms with Crippen LogP contribution in [0.2, 0.25) is 0 Å². The van der Waals surface area contributed by atoms with Gasteiger partial charge < -0.3 is 10.4 Å². The lowest BCUT2D eigenvalue weighted by molar-refractivity contribution is 0.0935. The van der Waals surface area contributed by atoms with E-state index in [1.54, 1.807) is 18.2 Å². The molecule has 5 nitrogen and oxygen atoms in total. The van der Waals surface area contributed by atoms with Crippen LogP contribution in [0.5, 0.6) is 0 Å². The van der Waals surface area contributed by atoms with Gasteiger partial charge in [0.15, 0.2) is 0 Å². The maximum Gasteiger partial charge on any atom is 0.251 e. The monoisotopic (exact) mass is 263 g/mol. The average molecular weight is 263 g/mol. The summed E-state index contributed by atoms with van der Waals surface area (Å²) in [6.45, 7) is 0.679. The summed E-state index contributed by atoms with van der Waals surface area (Å²) in [5.74, 6) is -0.121. The molecular formula is C12H13N3O2S. The average Bonchev–Trinajstić information content (AvgIpc) is 3.04. The SMILES string of the molecule is O=C(NCC1(CO)CC1)c1ccc2nsnc2c1. The van der Waals surface area contributed by atoms with Gasteiger partial charge in [-0.25, -0.2) is 0 Å². The Labute approximate surface area is 108 Å². The first-order chi connectivity index (χ1) is 8.72. The Kier molecular flexibility index (Phi) is 2.76. The predicted molar refractivity (Wildman–Crippen MR) is 68.5 cm³/mol. The number of fused-ring (bicyclic) bond motifs is 1. The number of aliphatic hydroxyl groups is 1. The second-order valence-corrected chi connectivity index (χ2v) is 5.34. The molecule has 0 bridgehead atoms. The van der Waals surface area contributed by atoms with Crippen LogP contribution in [-0.2, 0) is 0 Å². The van der Waals surface area contributed by atoms with Gasteiger partial charge >= 0.3 is 0 Å². The third-order valence-corrected chi connectivity index (χ3v) is 3.99. The Morgan fingerprint density at radius 3 is 2.89 bits per heavy atom. The summed E-state index contributed by atoms with van der Waals surface area (Å²) in [7, 11) is 0. The zero-order valence-corrected chi connectivity index (χ0v) is 10.5. The van der Waals surface area contributed by atoms with E-state index in [2.05, 4.69) is 14.1 Å². The molecule has 1 aliphatic carbocycles. The molecular weight excluding hydrogens is 250 g/mol. The number of hydrogen-bond acceptors (Lipinski definition) is 5. The lowest BCUT2D eigenvalue weighted by Gasteiger charge is -2.12. The second-order valence-electron chi connectivity index (χ2n) is 4.81. The lowest BCUT2D eigenvalue weighted by atomic mass is 10.1. The normalized spacial score (nSPS) is 16.7. The van der Waals surface area contributed by atoms with E-state index in [9.17, 15) is 9.90 Å². The van der Waals surface area contributed by atoms with E-state index >= 15 is 0 Å². The number of hydrogen-bond donors (Lipinski definition) is 2. The van der Waals surface area contributed by atoms with Gasteiger partial charge in [0.2, 0.25) is 0 Å². The Balaban J connectivity index is 1.71. The van der Waals surface area contributed by atoms with Crippen molar-refractivity contribution in [1.82, 2.24) is 14.1 Å². The second kappa shape index (κ2) is 4.29. The highest BCUT2D eigenvalue weighted by Crippen LogP contribution is 2.44. The molecule has 1 fully saturated rings. The summed E-state index contributed by atoms with van der Waals surface area (Å²) in [6.07, 6.45) is 1.97. The van der Waals surface area contributed by atoms with Crippen molar-refractivity contribution in [2.24, 2.45) is 5.41 Å². The third kappa shape index (κ3) is 2.09. The fourth-order valence-corrected chi connectivity index (χ4v) is 2.38. The van der Waals surface area contributed by atoms with Crippen LogP contribution in [0.25, 0.3) is 11.0 Å². The fourth-order valence-electron chi connectivity index (χ4n) is 1.86. The molecule has 1 heterocycles. The maximum absolute atomic E-state index is 12.0. The van der Waals surface area contributed by atoms with E-state index < -0.39 is 0 Å². The maximum atomic E-state index is 12.0. The molecule has 0 aliphatic heterocycles. The van der Waals surface area contributed by atoms with E-state index in [0.29, 0.717) is 12.1 Å². The van der Waals surface area contributed by atoms with Crippen molar-refractivity contribution in [2.45, 2.75) is 12.8 Å². The first-order valence-corrected chi connectivity index (χ1v) is 6.57. The summed E-state index contributed by atoms with van der Waals surface area (Å²) in [4.78, 5) is 12.0. The largest absolute Gasteiger partial charge is 0.396 e. The molecule has 1 aliphatic rings. The number of amides is 1. The quantitative estimate of drug-likeness (QED) is 0.869. The van der Waals surface area contributed by atoms with Crippen molar-refractivity contribution < 1.29 is 9.90 Å². The highest BCUT2D eigenvalue weighted by atomic mass is 32.1. The number of carbonyl (C=O) groups is 1. The van der Waals surface area contributed by atoms with Crippen LogP contribution in [0.1, 0.15) is 23.2 Å². The molecule has 1 aromatic heterocycles. The number of nitrogens with one attached hydrogen (secondary N) is 1. The number of benzene rings is 1. The van der Waals surface area contributed by atoms with E-state index in [0.717, 1.165) is 35.6 Å². The molecule has 18 heavy (non-hydrogen) atoms. The molecule has 94 valence electrons. The highest BCUT2D eigenvalue weighted by molar-refractivity contribution is 7.00. The summed E-state index contributed by atoms with van der Waals surface area (Å²) in [6, 6.07) is 5.29. The number of carbonyl (C=O) groups excluding carboxylic acids is 1. The summed E-state index contributed by atoms with van der Waals surface area (Å²) >= 11 is 1.14. The molecule has 2 N–H and O–H groups in total. The van der Waals surface area contributed by atoms with Gasteiger partial charge in [0.1, 0.15) is 11.0 Å². The summed E-state index contributed by atoms with van der Waals surface area (Å²) < 4.78 is 8.20. The van der Waals surface area contributed by atoms with Crippen LogP contribution in [0, 0.1) is 5.41 Å². The fraction of sp³-hybridized carbons (Fsp3) is 0.417. The van der Waals surface area contributed by atoms with Gasteiger partial charge in [-0.1, -0.05) is 0 Å². The molecule has 0 atom stereocenters. The topological polar surface area (TPSA) is 75.1 Å². The summed E-state index contributed by atoms with van der Waals surface area (Å²) in [5, 5.41) is 12.1. The zero-order chi connectivity index (χ0) is 12.6. The Hall–Kier alpha value is -1.53. The molecule has 0 spiro atoms. The number of aliphatic hydroxyl groups excluding tert-OH is 1. The van der Waals surface area contributed by atoms with Gasteiger partial charge in [-0.3, -0.25) is 4.79 Å². The van der Waals surface area contributed by atoms with Crippen molar-refractivity contribution in [3.8, 4) is 0 Å². The van der Waals surface area contributed by atoms with Gasteiger partial charge in [-0.2, -0.15) is 8.75 Å². The highest BCUT2D eigenvalue weighted by Gasteiger charge is 2.42. The summed E-state index contributed by atoms with van der Waals surface area (Å²) in [5.41, 5.74) is 2.08. The number of aromatic nitrogens is 2. The minimum absolute atomic E-state index is 0.0675. The molecule has 0 radical (unpaired) electrons. The van der Waals surface area contributed by atoms with E-state index in [1.807, 2.05) is 0 Å². The number of rotatable bonds is 4. The predicted octanol–water partition coefficient (Wildman–Crippen LogP) is 1.19. The molecule has 0 unspecified atom stereocenters. The van der Waals surface area contributed by atoms with Gasteiger partial charge in [0.25, 0.3) is 5.91 Å². The minimum atomic E-state index is -0.121. The van der Waals surface area contributed by atoms with Crippen LogP contribution in [0.3, 0.4) is 0 Å². The van der Waals surface area contributed by atoms with E-state index in [4.69, 9.17) is 0 Å². The first-order valence-electron chi connectivity index (χ1n) is 5.84. The van der Waals surface area contributed by atoms with E-state index in [1.165, 1.54) is 0 Å². The van der Waals surface area contributed by atoms with Crippen molar-refractivity contribution in [1.29, 1.82) is 0 Å². The van der Waals surface area contributed by atoms with Crippen molar-refractivity contribution in [2.75, 3.05) is 13.2 Å². The van der Waals surface area contributed by atoms with Gasteiger partial charge in [0.05, 0.1) is 18.3 Å². The molecule has 1 aromatic carbocycles. The van der Waals surface area contributed by atoms with Crippen molar-refractivity contribution in [3.05, 3.63) is 23.8 Å². The van der Waals surface area contributed by atoms with Gasteiger partial charge in [0, 0.05) is 17.5 Å². The molecule has 2 aromatic rings. The molecule has 0 saturated heterocycles. The third-order valence-electron chi connectivity index (χ3n) is 3.43. The zero-order valence-electron chi connectivity index (χ0n) is 9.72. The first kappa shape index (κ1) is 11.6. The smallest absolute Gasteiger partial charge is 0.251 e. The molecule has 1 saturated carbocycles. The molecule has 1 amide bonds.